The van der Waals surface area contributed by atoms with Gasteiger partial charge in [-0.1, -0.05) is 25.1 Å². The van der Waals surface area contributed by atoms with Crippen LogP contribution < -0.4 is 0 Å². The molecule has 1 saturated heterocycles. The number of H-pyrrole nitrogens is 1. The molecule has 0 radical (unpaired) electrons. The SMILES string of the molecule is CCc1cccc2c(C3CCN(Cc4cocn4)CC3)c[nH]c12. The van der Waals surface area contributed by atoms with Gasteiger partial charge in [-0.15, -0.1) is 0 Å². The number of oxazole rings is 1. The van der Waals surface area contributed by atoms with Gasteiger partial charge < -0.3 is 9.40 Å². The number of para-hydroxylation sites is 1. The number of fused-ring (bicyclic) bond motifs is 1. The van der Waals surface area contributed by atoms with Gasteiger partial charge >= 0.3 is 0 Å². The maximum atomic E-state index is 5.06. The van der Waals surface area contributed by atoms with E-state index < -0.39 is 0 Å². The predicted octanol–water partition coefficient (Wildman–Crippen LogP) is 4.10. The van der Waals surface area contributed by atoms with Gasteiger partial charge in [-0.3, -0.25) is 4.90 Å². The lowest BCUT2D eigenvalue weighted by Gasteiger charge is -2.31. The third kappa shape index (κ3) is 2.79. The van der Waals surface area contributed by atoms with Crippen molar-refractivity contribution in [2.75, 3.05) is 13.1 Å². The number of aromatic nitrogens is 2. The van der Waals surface area contributed by atoms with Crippen molar-refractivity contribution in [1.82, 2.24) is 14.9 Å². The summed E-state index contributed by atoms with van der Waals surface area (Å²) >= 11 is 0. The number of nitrogens with one attached hydrogen (secondary N) is 1. The monoisotopic (exact) mass is 309 g/mol. The Morgan fingerprint density at radius 2 is 2.17 bits per heavy atom. The van der Waals surface area contributed by atoms with Gasteiger partial charge in [0, 0.05) is 23.6 Å². The number of hydrogen-bond donors (Lipinski definition) is 1. The van der Waals surface area contributed by atoms with Crippen LogP contribution in [0.25, 0.3) is 10.9 Å². The predicted molar refractivity (Wildman–Crippen MR) is 91.4 cm³/mol. The van der Waals surface area contributed by atoms with Crippen molar-refractivity contribution in [3.63, 3.8) is 0 Å². The normalized spacial score (nSPS) is 17.1. The van der Waals surface area contributed by atoms with Crippen molar-refractivity contribution >= 4 is 10.9 Å². The van der Waals surface area contributed by atoms with E-state index in [0.717, 1.165) is 31.7 Å². The number of likely N-dealkylation sites (tertiary alicyclic amines) is 1. The van der Waals surface area contributed by atoms with E-state index in [1.165, 1.54) is 41.3 Å². The van der Waals surface area contributed by atoms with E-state index in [4.69, 9.17) is 4.42 Å². The van der Waals surface area contributed by atoms with E-state index in [1.54, 1.807) is 6.26 Å². The number of benzene rings is 1. The molecule has 4 nitrogen and oxygen atoms in total. The lowest BCUT2D eigenvalue weighted by atomic mass is 9.88. The summed E-state index contributed by atoms with van der Waals surface area (Å²) in [5.74, 6) is 0.657. The summed E-state index contributed by atoms with van der Waals surface area (Å²) in [4.78, 5) is 10.2. The van der Waals surface area contributed by atoms with Crippen LogP contribution >= 0.6 is 0 Å². The second kappa shape index (κ2) is 6.20. The molecule has 1 N–H and O–H groups in total. The van der Waals surface area contributed by atoms with Crippen LogP contribution in [0.3, 0.4) is 0 Å². The minimum absolute atomic E-state index is 0.657. The maximum Gasteiger partial charge on any atom is 0.180 e. The Bertz CT molecular complexity index is 767. The molecule has 0 saturated carbocycles. The first kappa shape index (κ1) is 14.5. The van der Waals surface area contributed by atoms with Gasteiger partial charge in [0.15, 0.2) is 6.39 Å². The zero-order valence-corrected chi connectivity index (χ0v) is 13.6. The Morgan fingerprint density at radius 1 is 1.30 bits per heavy atom. The highest BCUT2D eigenvalue weighted by Gasteiger charge is 2.23. The summed E-state index contributed by atoms with van der Waals surface area (Å²) in [6.07, 6.45) is 8.99. The summed E-state index contributed by atoms with van der Waals surface area (Å²) in [6.45, 7) is 5.37. The lowest BCUT2D eigenvalue weighted by Crippen LogP contribution is -2.32. The molecule has 0 bridgehead atoms. The van der Waals surface area contributed by atoms with Crippen LogP contribution in [0.4, 0.5) is 0 Å². The summed E-state index contributed by atoms with van der Waals surface area (Å²) in [5.41, 5.74) is 5.27. The van der Waals surface area contributed by atoms with Crippen molar-refractivity contribution in [2.45, 2.75) is 38.6 Å². The molecule has 0 aliphatic carbocycles. The minimum atomic E-state index is 0.657. The van der Waals surface area contributed by atoms with Gasteiger partial charge in [-0.25, -0.2) is 4.98 Å². The molecular weight excluding hydrogens is 286 g/mol. The third-order valence-corrected chi connectivity index (χ3v) is 5.11. The second-order valence-electron chi connectivity index (χ2n) is 6.47. The maximum absolute atomic E-state index is 5.06. The van der Waals surface area contributed by atoms with Crippen LogP contribution in [0.1, 0.15) is 42.5 Å². The minimum Gasteiger partial charge on any atom is -0.451 e. The molecule has 120 valence electrons. The Balaban J connectivity index is 1.48. The third-order valence-electron chi connectivity index (χ3n) is 5.11. The fourth-order valence-electron chi connectivity index (χ4n) is 3.82. The van der Waals surface area contributed by atoms with E-state index in [1.807, 2.05) is 0 Å². The van der Waals surface area contributed by atoms with Crippen LogP contribution in [0.5, 0.6) is 0 Å². The Morgan fingerprint density at radius 3 is 2.91 bits per heavy atom. The van der Waals surface area contributed by atoms with Gasteiger partial charge in [0.1, 0.15) is 6.26 Å². The highest BCUT2D eigenvalue weighted by atomic mass is 16.3. The molecule has 1 aliphatic rings. The largest absolute Gasteiger partial charge is 0.451 e. The topological polar surface area (TPSA) is 45.1 Å². The molecule has 1 fully saturated rings. The highest BCUT2D eigenvalue weighted by Crippen LogP contribution is 2.34. The van der Waals surface area contributed by atoms with E-state index in [9.17, 15) is 0 Å². The van der Waals surface area contributed by atoms with E-state index >= 15 is 0 Å². The number of aromatic amines is 1. The summed E-state index contributed by atoms with van der Waals surface area (Å²) in [7, 11) is 0. The van der Waals surface area contributed by atoms with Crippen LogP contribution in [-0.2, 0) is 13.0 Å². The van der Waals surface area contributed by atoms with E-state index in [0.29, 0.717) is 5.92 Å². The van der Waals surface area contributed by atoms with Gasteiger partial charge in [0.25, 0.3) is 0 Å². The zero-order chi connectivity index (χ0) is 15.6. The van der Waals surface area contributed by atoms with Gasteiger partial charge in [-0.2, -0.15) is 0 Å². The van der Waals surface area contributed by atoms with Crippen LogP contribution in [-0.4, -0.2) is 28.0 Å². The average Bonchev–Trinajstić information content (AvgIpc) is 3.25. The first-order valence-electron chi connectivity index (χ1n) is 8.53. The molecule has 4 heteroatoms. The van der Waals surface area contributed by atoms with Crippen molar-refractivity contribution in [1.29, 1.82) is 0 Å². The number of hydrogen-bond acceptors (Lipinski definition) is 3. The quantitative estimate of drug-likeness (QED) is 0.789. The highest BCUT2D eigenvalue weighted by molar-refractivity contribution is 5.86. The standard InChI is InChI=1S/C19H23N3O/c1-2-14-4-3-5-17-18(10-20-19(14)17)15-6-8-22(9-7-15)11-16-12-23-13-21-16/h3-5,10,12-13,15,20H,2,6-9,11H2,1H3. The molecule has 4 rings (SSSR count). The number of piperidine rings is 1. The average molecular weight is 309 g/mol. The molecule has 1 aromatic carbocycles. The fourth-order valence-corrected chi connectivity index (χ4v) is 3.82. The van der Waals surface area contributed by atoms with Crippen molar-refractivity contribution in [2.24, 2.45) is 0 Å². The van der Waals surface area contributed by atoms with Gasteiger partial charge in [0.2, 0.25) is 0 Å². The molecule has 0 unspecified atom stereocenters. The molecule has 3 aromatic rings. The molecule has 2 aromatic heterocycles. The molecule has 0 spiro atoms. The molecular formula is C19H23N3O. The Labute approximate surface area is 136 Å². The molecule has 3 heterocycles. The van der Waals surface area contributed by atoms with Crippen LogP contribution in [0.15, 0.2) is 41.5 Å². The Kier molecular flexibility index (Phi) is 3.92. The second-order valence-corrected chi connectivity index (χ2v) is 6.47. The van der Waals surface area contributed by atoms with Crippen LogP contribution in [0, 0.1) is 0 Å². The van der Waals surface area contributed by atoms with Crippen molar-refractivity contribution < 1.29 is 4.42 Å². The number of nitrogens with zero attached hydrogens (tertiary/aromatic N) is 2. The van der Waals surface area contributed by atoms with Crippen molar-refractivity contribution in [3.8, 4) is 0 Å². The summed E-state index contributed by atoms with van der Waals surface area (Å²) in [6, 6.07) is 6.68. The number of rotatable bonds is 4. The zero-order valence-electron chi connectivity index (χ0n) is 13.6. The van der Waals surface area contributed by atoms with Crippen LogP contribution in [0.2, 0.25) is 0 Å². The summed E-state index contributed by atoms with van der Waals surface area (Å²) < 4.78 is 5.06. The van der Waals surface area contributed by atoms with Crippen molar-refractivity contribution in [3.05, 3.63) is 53.9 Å². The first-order chi connectivity index (χ1) is 11.3. The fraction of sp³-hybridized carbons (Fsp3) is 0.421. The van der Waals surface area contributed by atoms with E-state index in [-0.39, 0.29) is 0 Å². The van der Waals surface area contributed by atoms with E-state index in [2.05, 4.69) is 46.2 Å². The molecule has 0 amide bonds. The first-order valence-corrected chi connectivity index (χ1v) is 8.53. The lowest BCUT2D eigenvalue weighted by molar-refractivity contribution is 0.203. The van der Waals surface area contributed by atoms with Gasteiger partial charge in [0.05, 0.1) is 5.69 Å². The smallest absolute Gasteiger partial charge is 0.180 e. The molecule has 23 heavy (non-hydrogen) atoms. The summed E-state index contributed by atoms with van der Waals surface area (Å²) in [5, 5.41) is 1.42. The van der Waals surface area contributed by atoms with Gasteiger partial charge in [-0.05, 0) is 49.4 Å². The Hall–Kier alpha value is -2.07. The molecule has 0 atom stereocenters. The number of aryl methyl sites for hydroxylation is 1. The molecule has 1 aliphatic heterocycles.